The van der Waals surface area contributed by atoms with Crippen molar-refractivity contribution in [1.29, 1.82) is 0 Å². The Kier molecular flexibility index (Phi) is 6.89. The summed E-state index contributed by atoms with van der Waals surface area (Å²) < 4.78 is 15.4. The molecular weight excluding hydrogens is 441 g/mol. The summed E-state index contributed by atoms with van der Waals surface area (Å²) in [4.78, 5) is 47.1. The second-order valence-electron chi connectivity index (χ2n) is 7.06. The fourth-order valence-electron chi connectivity index (χ4n) is 3.18. The van der Waals surface area contributed by atoms with Gasteiger partial charge in [-0.15, -0.1) is 0 Å². The van der Waals surface area contributed by atoms with Gasteiger partial charge in [0.2, 0.25) is 11.8 Å². The topological polar surface area (TPSA) is 117 Å². The van der Waals surface area contributed by atoms with Gasteiger partial charge in [-0.2, -0.15) is 0 Å². The number of hydrogen-bond donors (Lipinski definition) is 3. The SMILES string of the molecule is CC(=O)NCC(=O)NCc1cc(C(=O)O)c(=O)n2cc(Cc3cccc(Cl)c3F)ccc12. The van der Waals surface area contributed by atoms with Crippen LogP contribution in [-0.2, 0) is 22.6 Å². The summed E-state index contributed by atoms with van der Waals surface area (Å²) in [6.07, 6.45) is 1.57. The highest BCUT2D eigenvalue weighted by atomic mass is 35.5. The molecule has 0 aliphatic heterocycles. The Morgan fingerprint density at radius 2 is 1.88 bits per heavy atom. The van der Waals surface area contributed by atoms with Crippen molar-refractivity contribution < 1.29 is 23.9 Å². The number of hydrogen-bond acceptors (Lipinski definition) is 4. The van der Waals surface area contributed by atoms with Gasteiger partial charge in [0.15, 0.2) is 0 Å². The van der Waals surface area contributed by atoms with Crippen molar-refractivity contribution in [2.45, 2.75) is 19.9 Å². The van der Waals surface area contributed by atoms with Crippen LogP contribution >= 0.6 is 11.6 Å². The summed E-state index contributed by atoms with van der Waals surface area (Å²) >= 11 is 5.82. The average Bonchev–Trinajstić information content (AvgIpc) is 2.75. The molecular formula is C22H19ClFN3O5. The quantitative estimate of drug-likeness (QED) is 0.500. The number of halogens is 2. The summed E-state index contributed by atoms with van der Waals surface area (Å²) in [6.45, 7) is 0.975. The lowest BCUT2D eigenvalue weighted by Gasteiger charge is -2.13. The summed E-state index contributed by atoms with van der Waals surface area (Å²) in [7, 11) is 0. The lowest BCUT2D eigenvalue weighted by Crippen LogP contribution is -2.36. The molecule has 0 radical (unpaired) electrons. The Balaban J connectivity index is 1.98. The lowest BCUT2D eigenvalue weighted by atomic mass is 10.0. The summed E-state index contributed by atoms with van der Waals surface area (Å²) in [5, 5.41) is 14.3. The van der Waals surface area contributed by atoms with E-state index in [0.29, 0.717) is 22.2 Å². The number of amides is 2. The van der Waals surface area contributed by atoms with Crippen molar-refractivity contribution in [3.63, 3.8) is 0 Å². The molecule has 10 heteroatoms. The number of benzene rings is 1. The van der Waals surface area contributed by atoms with Crippen molar-refractivity contribution >= 4 is 34.9 Å². The third-order valence-electron chi connectivity index (χ3n) is 4.74. The first-order chi connectivity index (χ1) is 15.2. The zero-order valence-corrected chi connectivity index (χ0v) is 17.7. The largest absolute Gasteiger partial charge is 0.477 e. The second kappa shape index (κ2) is 9.61. The smallest absolute Gasteiger partial charge is 0.341 e. The van der Waals surface area contributed by atoms with Gasteiger partial charge >= 0.3 is 5.97 Å². The van der Waals surface area contributed by atoms with E-state index in [1.165, 1.54) is 25.3 Å². The molecule has 0 saturated heterocycles. The predicted molar refractivity (Wildman–Crippen MR) is 115 cm³/mol. The number of aromatic carboxylic acids is 1. The zero-order valence-electron chi connectivity index (χ0n) is 16.9. The van der Waals surface area contributed by atoms with E-state index in [4.69, 9.17) is 11.6 Å². The van der Waals surface area contributed by atoms with E-state index in [1.54, 1.807) is 24.3 Å². The van der Waals surface area contributed by atoms with Crippen LogP contribution in [0.4, 0.5) is 4.39 Å². The summed E-state index contributed by atoms with van der Waals surface area (Å²) in [6, 6.07) is 9.08. The van der Waals surface area contributed by atoms with Gasteiger partial charge in [-0.25, -0.2) is 9.18 Å². The Morgan fingerprint density at radius 1 is 1.12 bits per heavy atom. The van der Waals surface area contributed by atoms with Crippen molar-refractivity contribution in [3.05, 3.63) is 86.0 Å². The second-order valence-corrected chi connectivity index (χ2v) is 7.47. The molecule has 0 fully saturated rings. The van der Waals surface area contributed by atoms with Crippen molar-refractivity contribution in [2.24, 2.45) is 0 Å². The Labute approximate surface area is 186 Å². The van der Waals surface area contributed by atoms with Gasteiger partial charge in [-0.3, -0.25) is 18.8 Å². The van der Waals surface area contributed by atoms with Gasteiger partial charge in [0.1, 0.15) is 11.4 Å². The molecule has 0 spiro atoms. The molecule has 0 saturated carbocycles. The van der Waals surface area contributed by atoms with E-state index in [-0.39, 0.29) is 30.4 Å². The maximum Gasteiger partial charge on any atom is 0.341 e. The third kappa shape index (κ3) is 5.12. The molecule has 8 nitrogen and oxygen atoms in total. The zero-order chi connectivity index (χ0) is 23.4. The molecule has 0 aliphatic carbocycles. The van der Waals surface area contributed by atoms with Crippen molar-refractivity contribution in [2.75, 3.05) is 6.54 Å². The number of carboxylic acids is 1. The minimum Gasteiger partial charge on any atom is -0.477 e. The molecule has 0 bridgehead atoms. The Bertz CT molecular complexity index is 1290. The minimum absolute atomic E-state index is 0.0223. The van der Waals surface area contributed by atoms with Crippen LogP contribution in [0.15, 0.2) is 47.4 Å². The average molecular weight is 460 g/mol. The summed E-state index contributed by atoms with van der Waals surface area (Å²) in [5.74, 6) is -2.83. The van der Waals surface area contributed by atoms with E-state index in [0.717, 1.165) is 4.40 Å². The number of rotatable bonds is 7. The maximum atomic E-state index is 14.3. The number of carbonyl (C=O) groups excluding carboxylic acids is 2. The first kappa shape index (κ1) is 23.0. The molecule has 0 unspecified atom stereocenters. The fourth-order valence-corrected chi connectivity index (χ4v) is 3.37. The molecule has 32 heavy (non-hydrogen) atoms. The highest BCUT2D eigenvalue weighted by Crippen LogP contribution is 2.21. The van der Waals surface area contributed by atoms with E-state index in [1.807, 2.05) is 0 Å². The van der Waals surface area contributed by atoms with Crippen LogP contribution < -0.4 is 16.2 Å². The number of pyridine rings is 2. The molecule has 0 aliphatic rings. The molecule has 1 aromatic carbocycles. The fraction of sp³-hybridized carbons (Fsp3) is 0.182. The van der Waals surface area contributed by atoms with Crippen LogP contribution in [0.25, 0.3) is 5.52 Å². The number of nitrogens with one attached hydrogen (secondary N) is 2. The normalized spacial score (nSPS) is 10.7. The van der Waals surface area contributed by atoms with Crippen LogP contribution in [0.2, 0.25) is 5.02 Å². The minimum atomic E-state index is -1.42. The standard InChI is InChI=1S/C22H19ClFN3O5/c1-12(28)25-10-19(29)26-9-15-8-16(22(31)32)21(30)27-11-13(5-6-18(15)27)7-14-3-2-4-17(23)20(14)24/h2-6,8,11H,7,9-10H2,1H3,(H,25,28)(H,26,29)(H,31,32). The molecule has 0 atom stereocenters. The third-order valence-corrected chi connectivity index (χ3v) is 5.03. The van der Waals surface area contributed by atoms with Crippen LogP contribution in [0, 0.1) is 5.82 Å². The number of nitrogens with zero attached hydrogens (tertiary/aromatic N) is 1. The van der Waals surface area contributed by atoms with Crippen LogP contribution in [0.5, 0.6) is 0 Å². The predicted octanol–water partition coefficient (Wildman–Crippen LogP) is 2.13. The van der Waals surface area contributed by atoms with Crippen molar-refractivity contribution in [3.8, 4) is 0 Å². The molecule has 2 aromatic heterocycles. The maximum absolute atomic E-state index is 14.3. The van der Waals surface area contributed by atoms with Gasteiger partial charge in [0.25, 0.3) is 5.56 Å². The highest BCUT2D eigenvalue weighted by Gasteiger charge is 2.16. The monoisotopic (exact) mass is 459 g/mol. The first-order valence-electron chi connectivity index (χ1n) is 9.52. The number of aromatic nitrogens is 1. The Morgan fingerprint density at radius 3 is 2.56 bits per heavy atom. The van der Waals surface area contributed by atoms with Crippen LogP contribution in [0.3, 0.4) is 0 Å². The van der Waals surface area contributed by atoms with Gasteiger partial charge < -0.3 is 15.7 Å². The summed E-state index contributed by atoms with van der Waals surface area (Å²) in [5.41, 5.74) is 0.427. The number of carboxylic acid groups (broad SMARTS) is 1. The number of fused-ring (bicyclic) bond motifs is 1. The van der Waals surface area contributed by atoms with E-state index < -0.39 is 28.8 Å². The highest BCUT2D eigenvalue weighted by molar-refractivity contribution is 6.30. The molecule has 3 rings (SSSR count). The molecule has 3 N–H and O–H groups in total. The lowest BCUT2D eigenvalue weighted by molar-refractivity contribution is -0.125. The van der Waals surface area contributed by atoms with Crippen LogP contribution in [0.1, 0.15) is 34.0 Å². The molecule has 166 valence electrons. The van der Waals surface area contributed by atoms with Crippen molar-refractivity contribution in [1.82, 2.24) is 15.0 Å². The van der Waals surface area contributed by atoms with Gasteiger partial charge in [-0.1, -0.05) is 29.8 Å². The van der Waals surface area contributed by atoms with Crippen LogP contribution in [-0.4, -0.2) is 33.8 Å². The van der Waals surface area contributed by atoms with Gasteiger partial charge in [0.05, 0.1) is 17.1 Å². The van der Waals surface area contributed by atoms with E-state index in [2.05, 4.69) is 10.6 Å². The van der Waals surface area contributed by atoms with Gasteiger partial charge in [-0.05, 0) is 34.9 Å². The molecule has 2 heterocycles. The first-order valence-corrected chi connectivity index (χ1v) is 9.89. The van der Waals surface area contributed by atoms with Gasteiger partial charge in [0, 0.05) is 26.1 Å². The Hall–Kier alpha value is -3.72. The molecule has 2 amide bonds. The molecule has 3 aromatic rings. The van der Waals surface area contributed by atoms with E-state index >= 15 is 0 Å². The van der Waals surface area contributed by atoms with E-state index in [9.17, 15) is 28.7 Å². The number of carbonyl (C=O) groups is 3.